The van der Waals surface area contributed by atoms with E-state index in [0.29, 0.717) is 22.7 Å². The first-order valence-corrected chi connectivity index (χ1v) is 8.28. The van der Waals surface area contributed by atoms with E-state index in [0.717, 1.165) is 0 Å². The summed E-state index contributed by atoms with van der Waals surface area (Å²) in [7, 11) is -1.45. The number of carbonyl (C=O) groups is 1. The molecule has 1 saturated heterocycles. The smallest absolute Gasteiger partial charge is 0.256 e. The number of hydrazine groups is 1. The Morgan fingerprint density at radius 3 is 2.75 bits per heavy atom. The van der Waals surface area contributed by atoms with E-state index in [4.69, 9.17) is 17.4 Å². The Morgan fingerprint density at radius 2 is 2.20 bits per heavy atom. The van der Waals surface area contributed by atoms with Crippen molar-refractivity contribution in [2.45, 2.75) is 12.5 Å². The largest absolute Gasteiger partial charge is 0.338 e. The van der Waals surface area contributed by atoms with Crippen LogP contribution in [0.3, 0.4) is 0 Å². The molecule has 1 amide bonds. The van der Waals surface area contributed by atoms with Gasteiger partial charge in [0.15, 0.2) is 9.84 Å². The van der Waals surface area contributed by atoms with Crippen molar-refractivity contribution < 1.29 is 13.2 Å². The van der Waals surface area contributed by atoms with Crippen LogP contribution < -0.4 is 11.3 Å². The maximum atomic E-state index is 12.5. The number of anilines is 1. The molecule has 1 heterocycles. The number of nitrogens with two attached hydrogens (primary N) is 1. The van der Waals surface area contributed by atoms with Gasteiger partial charge in [-0.1, -0.05) is 11.6 Å². The number of halogens is 1. The van der Waals surface area contributed by atoms with Crippen LogP contribution in [0.25, 0.3) is 0 Å². The van der Waals surface area contributed by atoms with Gasteiger partial charge in [-0.2, -0.15) is 0 Å². The summed E-state index contributed by atoms with van der Waals surface area (Å²) in [5, 5.41) is 0.416. The average Bonchev–Trinajstić information content (AvgIpc) is 2.77. The number of rotatable bonds is 3. The molecule has 1 fully saturated rings. The van der Waals surface area contributed by atoms with Crippen LogP contribution in [-0.2, 0) is 9.84 Å². The summed E-state index contributed by atoms with van der Waals surface area (Å²) in [5.74, 6) is 5.19. The Balaban J connectivity index is 2.25. The molecular weight excluding hydrogens is 302 g/mol. The first-order chi connectivity index (χ1) is 9.34. The van der Waals surface area contributed by atoms with Gasteiger partial charge in [-0.05, 0) is 24.6 Å². The lowest BCUT2D eigenvalue weighted by Gasteiger charge is -2.24. The molecule has 1 aliphatic heterocycles. The molecule has 0 spiro atoms. The van der Waals surface area contributed by atoms with Gasteiger partial charge in [-0.15, -0.1) is 0 Å². The summed E-state index contributed by atoms with van der Waals surface area (Å²) in [5.41, 5.74) is 3.22. The van der Waals surface area contributed by atoms with Crippen LogP contribution in [0.4, 0.5) is 5.69 Å². The quantitative estimate of drug-likeness (QED) is 0.638. The van der Waals surface area contributed by atoms with Crippen LogP contribution in [0, 0.1) is 0 Å². The molecule has 1 aromatic rings. The standard InChI is InChI=1S/C12H16ClN3O3S/c1-16(9-4-5-20(18,19)7-9)12(17)10-6-8(13)2-3-11(10)15-14/h2-3,6,9,15H,4-5,7,14H2,1H3. The number of nitrogens with one attached hydrogen (secondary N) is 1. The lowest BCUT2D eigenvalue weighted by molar-refractivity contribution is 0.0748. The Hall–Kier alpha value is -1.31. The Kier molecular flexibility index (Phi) is 4.22. The van der Waals surface area contributed by atoms with E-state index in [2.05, 4.69) is 5.43 Å². The van der Waals surface area contributed by atoms with Crippen molar-refractivity contribution in [1.29, 1.82) is 0 Å². The fourth-order valence-corrected chi connectivity index (χ4v) is 4.20. The second-order valence-electron chi connectivity index (χ2n) is 4.81. The van der Waals surface area contributed by atoms with E-state index in [1.807, 2.05) is 0 Å². The predicted molar refractivity (Wildman–Crippen MR) is 78.4 cm³/mol. The molecule has 0 aliphatic carbocycles. The molecule has 1 aliphatic rings. The molecule has 2 rings (SSSR count). The van der Waals surface area contributed by atoms with Gasteiger partial charge in [0, 0.05) is 18.1 Å². The second kappa shape index (κ2) is 5.59. The van der Waals surface area contributed by atoms with E-state index >= 15 is 0 Å². The van der Waals surface area contributed by atoms with E-state index in [1.165, 1.54) is 11.0 Å². The fraction of sp³-hybridized carbons (Fsp3) is 0.417. The summed E-state index contributed by atoms with van der Waals surface area (Å²) in [6, 6.07) is 4.43. The van der Waals surface area contributed by atoms with E-state index in [-0.39, 0.29) is 23.5 Å². The number of carbonyl (C=O) groups excluding carboxylic acids is 1. The van der Waals surface area contributed by atoms with Gasteiger partial charge < -0.3 is 10.3 Å². The molecule has 110 valence electrons. The molecule has 1 unspecified atom stereocenters. The number of sulfone groups is 1. The highest BCUT2D eigenvalue weighted by Crippen LogP contribution is 2.24. The van der Waals surface area contributed by atoms with Crippen LogP contribution >= 0.6 is 11.6 Å². The van der Waals surface area contributed by atoms with Crippen molar-refractivity contribution in [3.8, 4) is 0 Å². The van der Waals surface area contributed by atoms with Crippen LogP contribution in [0.2, 0.25) is 5.02 Å². The molecule has 3 N–H and O–H groups in total. The van der Waals surface area contributed by atoms with Gasteiger partial charge >= 0.3 is 0 Å². The molecule has 0 aromatic heterocycles. The number of hydrogen-bond acceptors (Lipinski definition) is 5. The Bertz CT molecular complexity index is 633. The van der Waals surface area contributed by atoms with Gasteiger partial charge in [0.25, 0.3) is 5.91 Å². The summed E-state index contributed by atoms with van der Waals surface area (Å²) in [6.07, 6.45) is 0.455. The Labute approximate surface area is 122 Å². The van der Waals surface area contributed by atoms with Gasteiger partial charge in [-0.3, -0.25) is 10.6 Å². The van der Waals surface area contributed by atoms with E-state index in [1.54, 1.807) is 19.2 Å². The molecular formula is C12H16ClN3O3S. The van der Waals surface area contributed by atoms with E-state index < -0.39 is 9.84 Å². The zero-order valence-electron chi connectivity index (χ0n) is 11.0. The zero-order valence-corrected chi connectivity index (χ0v) is 12.5. The van der Waals surface area contributed by atoms with E-state index in [9.17, 15) is 13.2 Å². The highest BCUT2D eigenvalue weighted by molar-refractivity contribution is 7.91. The third-order valence-corrected chi connectivity index (χ3v) is 5.43. The monoisotopic (exact) mass is 317 g/mol. The summed E-state index contributed by atoms with van der Waals surface area (Å²) in [6.45, 7) is 0. The third-order valence-electron chi connectivity index (χ3n) is 3.44. The SMILES string of the molecule is CN(C(=O)c1cc(Cl)ccc1NN)C1CCS(=O)(=O)C1. The normalized spacial score (nSPS) is 20.6. The first-order valence-electron chi connectivity index (χ1n) is 6.08. The van der Waals surface area contributed by atoms with Crippen molar-refractivity contribution in [3.05, 3.63) is 28.8 Å². The number of nitrogen functional groups attached to an aromatic ring is 1. The van der Waals surface area contributed by atoms with Crippen LogP contribution in [0.1, 0.15) is 16.8 Å². The average molecular weight is 318 g/mol. The molecule has 1 atom stereocenters. The van der Waals surface area contributed by atoms with Gasteiger partial charge in [-0.25, -0.2) is 8.42 Å². The Morgan fingerprint density at radius 1 is 1.50 bits per heavy atom. The number of benzene rings is 1. The molecule has 8 heteroatoms. The van der Waals surface area contributed by atoms with Crippen molar-refractivity contribution in [1.82, 2.24) is 4.90 Å². The number of amides is 1. The van der Waals surface area contributed by atoms with Crippen LogP contribution in [0.5, 0.6) is 0 Å². The number of nitrogens with zero attached hydrogens (tertiary/aromatic N) is 1. The third kappa shape index (κ3) is 3.05. The molecule has 0 radical (unpaired) electrons. The van der Waals surface area contributed by atoms with Crippen LogP contribution in [-0.4, -0.2) is 43.8 Å². The molecule has 0 bridgehead atoms. The lowest BCUT2D eigenvalue weighted by atomic mass is 10.1. The molecule has 20 heavy (non-hydrogen) atoms. The second-order valence-corrected chi connectivity index (χ2v) is 7.47. The fourth-order valence-electron chi connectivity index (χ4n) is 2.26. The lowest BCUT2D eigenvalue weighted by Crippen LogP contribution is -2.38. The highest BCUT2D eigenvalue weighted by Gasteiger charge is 2.33. The highest BCUT2D eigenvalue weighted by atomic mass is 35.5. The summed E-state index contributed by atoms with van der Waals surface area (Å²) in [4.78, 5) is 13.9. The van der Waals surface area contributed by atoms with Crippen molar-refractivity contribution in [2.24, 2.45) is 5.84 Å². The zero-order chi connectivity index (χ0) is 14.9. The van der Waals surface area contributed by atoms with Gasteiger partial charge in [0.2, 0.25) is 0 Å². The van der Waals surface area contributed by atoms with Crippen LogP contribution in [0.15, 0.2) is 18.2 Å². The topological polar surface area (TPSA) is 92.5 Å². The number of hydrogen-bond donors (Lipinski definition) is 2. The minimum atomic E-state index is -3.04. The maximum Gasteiger partial charge on any atom is 0.256 e. The summed E-state index contributed by atoms with van der Waals surface area (Å²) < 4.78 is 23.0. The predicted octanol–water partition coefficient (Wildman–Crippen LogP) is 0.885. The molecule has 0 saturated carbocycles. The summed E-state index contributed by atoms with van der Waals surface area (Å²) >= 11 is 5.89. The molecule has 1 aromatic carbocycles. The first kappa shape index (κ1) is 15.1. The molecule has 6 nitrogen and oxygen atoms in total. The van der Waals surface area contributed by atoms with Gasteiger partial charge in [0.1, 0.15) is 0 Å². The maximum absolute atomic E-state index is 12.5. The van der Waals surface area contributed by atoms with Crippen molar-refractivity contribution in [3.63, 3.8) is 0 Å². The van der Waals surface area contributed by atoms with Gasteiger partial charge in [0.05, 0.1) is 22.8 Å². The minimum absolute atomic E-state index is 0.00118. The van der Waals surface area contributed by atoms with Crippen molar-refractivity contribution >= 4 is 33.0 Å². The minimum Gasteiger partial charge on any atom is -0.338 e. The van der Waals surface area contributed by atoms with Crippen molar-refractivity contribution in [2.75, 3.05) is 24.0 Å².